The summed E-state index contributed by atoms with van der Waals surface area (Å²) in [4.78, 5) is 40.1. The number of fused-ring (bicyclic) bond motifs is 4. The predicted octanol–water partition coefficient (Wildman–Crippen LogP) is 7.28. The molecular weight excluding hydrogens is 1070 g/mol. The van der Waals surface area contributed by atoms with Crippen molar-refractivity contribution in [2.75, 3.05) is 0 Å². The molecule has 0 radical (unpaired) electrons. The molecule has 0 saturated heterocycles. The van der Waals surface area contributed by atoms with Gasteiger partial charge in [-0.05, 0) is 105 Å². The van der Waals surface area contributed by atoms with E-state index in [-0.39, 0.29) is 84.2 Å². The van der Waals surface area contributed by atoms with E-state index in [1.807, 2.05) is 12.4 Å². The summed E-state index contributed by atoms with van der Waals surface area (Å²) in [6.45, 7) is 0.722. The number of amides is 1. The molecular formula is C44H37Br2ClF4N16O3. The number of aromatic nitrogens is 14. The maximum absolute atomic E-state index is 14.4. The lowest BCUT2D eigenvalue weighted by atomic mass is 10.2. The Hall–Kier alpha value is -7.09. The van der Waals surface area contributed by atoms with Gasteiger partial charge in [0.2, 0.25) is 0 Å². The number of nitrogens with two attached hydrogens (primary N) is 1. The van der Waals surface area contributed by atoms with E-state index in [0.717, 1.165) is 36.8 Å². The number of nitrogens with zero attached hydrogens (tertiary/aromatic N) is 14. The molecule has 10 aromatic rings. The molecule has 0 bridgehead atoms. The molecule has 0 aromatic carbocycles. The van der Waals surface area contributed by atoms with Crippen LogP contribution in [0, 0.1) is 23.3 Å². The third-order valence-electron chi connectivity index (χ3n) is 11.4. The molecule has 26 heteroatoms. The summed E-state index contributed by atoms with van der Waals surface area (Å²) in [6, 6.07) is 6.30. The molecule has 12 rings (SSSR count). The SMILES string of the molecule is Cl.NCc1ncn2ccc(Br)c(F)c12.O=C(NCc1ncn2ccc(Br)c(F)c12)c1cn(Cc2cn3cc(C4CC4)cc(F)c3n2)nn1.O=C(O)c1cn(Cc2cn3cc(C4CC4)cc(F)c3n2)nn1. The Morgan fingerprint density at radius 2 is 1.16 bits per heavy atom. The van der Waals surface area contributed by atoms with E-state index in [2.05, 4.69) is 77.7 Å². The van der Waals surface area contributed by atoms with Crippen LogP contribution in [0.4, 0.5) is 17.6 Å². The minimum atomic E-state index is -1.14. The van der Waals surface area contributed by atoms with Gasteiger partial charge in [0.25, 0.3) is 5.91 Å². The molecule has 0 unspecified atom stereocenters. The van der Waals surface area contributed by atoms with Gasteiger partial charge in [0.15, 0.2) is 46.0 Å². The Morgan fingerprint density at radius 3 is 1.63 bits per heavy atom. The molecule has 4 N–H and O–H groups in total. The second kappa shape index (κ2) is 19.7. The number of carbonyl (C=O) groups excluding carboxylic acids is 1. The van der Waals surface area contributed by atoms with Crippen LogP contribution in [-0.4, -0.2) is 84.5 Å². The molecule has 0 spiro atoms. The van der Waals surface area contributed by atoms with Crippen molar-refractivity contribution in [3.8, 4) is 0 Å². The number of halogens is 7. The zero-order valence-corrected chi connectivity index (χ0v) is 40.2. The molecule has 2 aliphatic rings. The molecule has 10 aromatic heterocycles. The largest absolute Gasteiger partial charge is 0.476 e. The minimum Gasteiger partial charge on any atom is -0.476 e. The smallest absolute Gasteiger partial charge is 0.358 e. The van der Waals surface area contributed by atoms with Gasteiger partial charge in [-0.15, -0.1) is 22.6 Å². The first-order valence-electron chi connectivity index (χ1n) is 21.2. The van der Waals surface area contributed by atoms with E-state index in [1.165, 1.54) is 28.1 Å². The average Bonchev–Trinajstić information content (AvgIpc) is 3.90. The number of carbonyl (C=O) groups is 2. The van der Waals surface area contributed by atoms with Crippen molar-refractivity contribution in [3.05, 3.63) is 164 Å². The lowest BCUT2D eigenvalue weighted by molar-refractivity contribution is 0.0690. The number of imidazole rings is 4. The van der Waals surface area contributed by atoms with Crippen LogP contribution in [0.2, 0.25) is 0 Å². The van der Waals surface area contributed by atoms with Gasteiger partial charge >= 0.3 is 5.97 Å². The van der Waals surface area contributed by atoms with Crippen LogP contribution in [0.3, 0.4) is 0 Å². The normalized spacial score (nSPS) is 13.3. The highest BCUT2D eigenvalue weighted by Crippen LogP contribution is 2.41. The van der Waals surface area contributed by atoms with Crippen LogP contribution < -0.4 is 11.1 Å². The van der Waals surface area contributed by atoms with Gasteiger partial charge in [0, 0.05) is 43.7 Å². The molecule has 2 fully saturated rings. The highest BCUT2D eigenvalue weighted by atomic mass is 79.9. The van der Waals surface area contributed by atoms with E-state index in [9.17, 15) is 27.2 Å². The third-order valence-corrected chi connectivity index (χ3v) is 12.6. The quantitative estimate of drug-likeness (QED) is 0.109. The maximum atomic E-state index is 14.4. The van der Waals surface area contributed by atoms with E-state index < -0.39 is 17.7 Å². The van der Waals surface area contributed by atoms with Gasteiger partial charge in [-0.2, -0.15) is 0 Å². The third kappa shape index (κ3) is 9.99. The summed E-state index contributed by atoms with van der Waals surface area (Å²) < 4.78 is 66.6. The van der Waals surface area contributed by atoms with Gasteiger partial charge in [-0.1, -0.05) is 10.4 Å². The lowest BCUT2D eigenvalue weighted by Crippen LogP contribution is -2.23. The fourth-order valence-electron chi connectivity index (χ4n) is 7.68. The highest BCUT2D eigenvalue weighted by Gasteiger charge is 2.27. The van der Waals surface area contributed by atoms with E-state index >= 15 is 0 Å². The molecule has 1 amide bonds. The number of carboxylic acids is 1. The number of pyridine rings is 4. The van der Waals surface area contributed by atoms with Crippen molar-refractivity contribution in [1.29, 1.82) is 0 Å². The van der Waals surface area contributed by atoms with Crippen LogP contribution in [0.25, 0.3) is 22.3 Å². The standard InChI is InChI=1S/C22H17BrF2N8O.C14H12FN5O2.C8H7BrFN3.ClH/c23-15-3-4-31-11-27-17(20(31)19(15)25)6-26-22(34)18-10-33(30-29-18)9-14-8-32-7-13(12-1-2-12)5-16(24)21(32)28-14;15-11-3-9(8-1-2-8)4-19-5-10(16-13(11)19)6-20-7-12(14(21)22)17-18-20;9-5-1-2-13-4-12-6(3-11)8(13)7(5)10;/h3-5,7-8,10-12H,1-2,6,9H2,(H,26,34);3-5,7-8H,1-2,6H2,(H,21,22);1-2,4H,3,11H2;1H. The fraction of sp³-hybridized carbons (Fsp3) is 0.227. The molecule has 70 heavy (non-hydrogen) atoms. The van der Waals surface area contributed by atoms with Crippen molar-refractivity contribution in [2.45, 2.75) is 63.7 Å². The number of nitrogens with one attached hydrogen (secondary N) is 1. The summed E-state index contributed by atoms with van der Waals surface area (Å²) in [5, 5.41) is 26.6. The first kappa shape index (κ1) is 48.0. The lowest BCUT2D eigenvalue weighted by Gasteiger charge is -2.03. The van der Waals surface area contributed by atoms with Crippen LogP contribution in [0.15, 0.2) is 95.4 Å². The summed E-state index contributed by atoms with van der Waals surface area (Å²) in [7, 11) is 0. The summed E-state index contributed by atoms with van der Waals surface area (Å²) in [5.74, 6) is -2.20. The van der Waals surface area contributed by atoms with Gasteiger partial charge in [0.1, 0.15) is 11.0 Å². The number of hydrogen-bond acceptors (Lipinski definition) is 11. The Bertz CT molecular complexity index is 3600. The average molecular weight is 1110 g/mol. The molecule has 0 aliphatic heterocycles. The zero-order valence-electron chi connectivity index (χ0n) is 36.2. The van der Waals surface area contributed by atoms with Crippen LogP contribution in [-0.2, 0) is 26.2 Å². The number of aromatic carboxylic acids is 1. The molecule has 0 atom stereocenters. The summed E-state index contributed by atoms with van der Waals surface area (Å²) >= 11 is 6.26. The predicted molar refractivity (Wildman–Crippen MR) is 251 cm³/mol. The monoisotopic (exact) mass is 1110 g/mol. The Labute approximate surface area is 415 Å². The first-order chi connectivity index (χ1) is 33.3. The van der Waals surface area contributed by atoms with Gasteiger partial charge < -0.3 is 33.8 Å². The van der Waals surface area contributed by atoms with Crippen molar-refractivity contribution in [3.63, 3.8) is 0 Å². The zero-order chi connectivity index (χ0) is 48.1. The number of hydrogen-bond donors (Lipinski definition) is 3. The Kier molecular flexibility index (Phi) is 13.5. The van der Waals surface area contributed by atoms with E-state index in [1.54, 1.807) is 73.0 Å². The second-order valence-corrected chi connectivity index (χ2v) is 18.1. The van der Waals surface area contributed by atoms with Gasteiger partial charge in [-0.3, -0.25) is 4.79 Å². The van der Waals surface area contributed by atoms with Crippen LogP contribution in [0.5, 0.6) is 0 Å². The molecule has 2 aliphatic carbocycles. The number of carboxylic acid groups (broad SMARTS) is 1. The molecule has 10 heterocycles. The Morgan fingerprint density at radius 1 is 0.686 bits per heavy atom. The summed E-state index contributed by atoms with van der Waals surface area (Å²) in [6.07, 6.45) is 20.9. The van der Waals surface area contributed by atoms with Gasteiger partial charge in [-0.25, -0.2) is 51.7 Å². The van der Waals surface area contributed by atoms with E-state index in [4.69, 9.17) is 10.8 Å². The van der Waals surface area contributed by atoms with E-state index in [0.29, 0.717) is 49.1 Å². The molecule has 360 valence electrons. The van der Waals surface area contributed by atoms with Crippen molar-refractivity contribution < 1.29 is 32.3 Å². The topological polar surface area (TPSA) is 223 Å². The molecule has 19 nitrogen and oxygen atoms in total. The first-order valence-corrected chi connectivity index (χ1v) is 22.8. The van der Waals surface area contributed by atoms with Crippen molar-refractivity contribution in [2.24, 2.45) is 5.73 Å². The Balaban J connectivity index is 0.000000144. The van der Waals surface area contributed by atoms with Crippen molar-refractivity contribution >= 4 is 78.5 Å². The second-order valence-electron chi connectivity index (χ2n) is 16.4. The summed E-state index contributed by atoms with van der Waals surface area (Å²) in [5.41, 5.74) is 10.7. The highest BCUT2D eigenvalue weighted by molar-refractivity contribution is 9.10. The number of rotatable bonds is 11. The van der Waals surface area contributed by atoms with Gasteiger partial charge in [0.05, 0.1) is 76.4 Å². The maximum Gasteiger partial charge on any atom is 0.358 e. The van der Waals surface area contributed by atoms with Crippen molar-refractivity contribution in [1.82, 2.24) is 72.8 Å². The minimum absolute atomic E-state index is 0. The molecule has 2 saturated carbocycles. The van der Waals surface area contributed by atoms with Crippen LogP contribution >= 0.6 is 44.3 Å². The fourth-order valence-corrected chi connectivity index (χ4v) is 8.29. The van der Waals surface area contributed by atoms with Crippen LogP contribution in [0.1, 0.15) is 92.4 Å².